The van der Waals surface area contributed by atoms with Gasteiger partial charge in [0.25, 0.3) is 0 Å². The monoisotopic (exact) mass is 405 g/mol. The van der Waals surface area contributed by atoms with E-state index in [4.69, 9.17) is 9.15 Å². The molecule has 0 radical (unpaired) electrons. The van der Waals surface area contributed by atoms with Crippen LogP contribution in [0.1, 0.15) is 50.7 Å². The SMILES string of the molecule is CN=C(NCC(c1ccc(C)o1)N1CCOCC1)NCC(C)(C)N1CCCCC1. The van der Waals surface area contributed by atoms with Gasteiger partial charge in [0, 0.05) is 38.8 Å². The second-order valence-corrected chi connectivity index (χ2v) is 8.78. The molecular weight excluding hydrogens is 366 g/mol. The van der Waals surface area contributed by atoms with E-state index in [0.717, 1.165) is 56.9 Å². The smallest absolute Gasteiger partial charge is 0.191 e. The van der Waals surface area contributed by atoms with Crippen LogP contribution in [0.5, 0.6) is 0 Å². The van der Waals surface area contributed by atoms with Crippen molar-refractivity contribution in [1.82, 2.24) is 20.4 Å². The molecule has 2 saturated heterocycles. The zero-order valence-corrected chi connectivity index (χ0v) is 18.7. The molecule has 0 spiro atoms. The van der Waals surface area contributed by atoms with E-state index in [2.05, 4.69) is 45.3 Å². The largest absolute Gasteiger partial charge is 0.465 e. The lowest BCUT2D eigenvalue weighted by atomic mass is 9.98. The normalized spacial score (nSPS) is 21.2. The first-order chi connectivity index (χ1) is 14.0. The molecule has 29 heavy (non-hydrogen) atoms. The molecule has 0 bridgehead atoms. The van der Waals surface area contributed by atoms with Crippen LogP contribution < -0.4 is 10.6 Å². The van der Waals surface area contributed by atoms with Crippen molar-refractivity contribution in [3.05, 3.63) is 23.7 Å². The molecule has 2 N–H and O–H groups in total. The van der Waals surface area contributed by atoms with Gasteiger partial charge in [-0.25, -0.2) is 0 Å². The second kappa shape index (κ2) is 10.5. The van der Waals surface area contributed by atoms with Crippen molar-refractivity contribution in [3.63, 3.8) is 0 Å². The summed E-state index contributed by atoms with van der Waals surface area (Å²) in [5.41, 5.74) is 0.111. The van der Waals surface area contributed by atoms with Crippen LogP contribution >= 0.6 is 0 Å². The van der Waals surface area contributed by atoms with Gasteiger partial charge >= 0.3 is 0 Å². The number of piperidine rings is 1. The molecule has 7 nitrogen and oxygen atoms in total. The van der Waals surface area contributed by atoms with Gasteiger partial charge in [-0.1, -0.05) is 6.42 Å². The maximum Gasteiger partial charge on any atom is 0.191 e. The molecule has 2 fully saturated rings. The standard InChI is InChI=1S/C22H39N5O2/c1-18-8-9-20(29-18)19(26-12-14-28-15-13-26)16-24-21(23-4)25-17-22(2,3)27-10-6-5-7-11-27/h8-9,19H,5-7,10-17H2,1-4H3,(H2,23,24,25). The minimum Gasteiger partial charge on any atom is -0.465 e. The molecule has 1 aromatic heterocycles. The number of aryl methyl sites for hydroxylation is 1. The fraction of sp³-hybridized carbons (Fsp3) is 0.773. The number of likely N-dealkylation sites (tertiary alicyclic amines) is 1. The highest BCUT2D eigenvalue weighted by Gasteiger charge is 2.29. The highest BCUT2D eigenvalue weighted by atomic mass is 16.5. The van der Waals surface area contributed by atoms with Crippen molar-refractivity contribution in [3.8, 4) is 0 Å². The Kier molecular flexibility index (Phi) is 7.98. The van der Waals surface area contributed by atoms with Crippen LogP contribution in [-0.2, 0) is 4.74 Å². The molecular formula is C22H39N5O2. The number of morpholine rings is 1. The number of hydrogen-bond acceptors (Lipinski definition) is 5. The molecule has 0 aliphatic carbocycles. The van der Waals surface area contributed by atoms with Crippen molar-refractivity contribution in [2.45, 2.75) is 51.6 Å². The Labute approximate surface area is 175 Å². The summed E-state index contributed by atoms with van der Waals surface area (Å²) in [6.07, 6.45) is 3.97. The lowest BCUT2D eigenvalue weighted by Gasteiger charge is -2.41. The van der Waals surface area contributed by atoms with Crippen LogP contribution in [0, 0.1) is 6.92 Å². The van der Waals surface area contributed by atoms with E-state index in [0.29, 0.717) is 0 Å². The Balaban J connectivity index is 1.56. The number of furan rings is 1. The van der Waals surface area contributed by atoms with Gasteiger partial charge in [0.2, 0.25) is 0 Å². The maximum atomic E-state index is 5.97. The van der Waals surface area contributed by atoms with Gasteiger partial charge in [-0.05, 0) is 58.8 Å². The van der Waals surface area contributed by atoms with Crippen molar-refractivity contribution >= 4 is 5.96 Å². The summed E-state index contributed by atoms with van der Waals surface area (Å²) in [6.45, 7) is 14.0. The maximum absolute atomic E-state index is 5.97. The van der Waals surface area contributed by atoms with Gasteiger partial charge in [0.15, 0.2) is 5.96 Å². The van der Waals surface area contributed by atoms with Gasteiger partial charge < -0.3 is 19.8 Å². The summed E-state index contributed by atoms with van der Waals surface area (Å²) in [4.78, 5) is 9.48. The van der Waals surface area contributed by atoms with Crippen molar-refractivity contribution in [2.24, 2.45) is 4.99 Å². The van der Waals surface area contributed by atoms with Crippen LogP contribution in [-0.4, -0.2) is 80.8 Å². The third-order valence-corrected chi connectivity index (χ3v) is 6.16. The predicted molar refractivity (Wildman–Crippen MR) is 117 cm³/mol. The Morgan fingerprint density at radius 3 is 2.45 bits per heavy atom. The Bertz CT molecular complexity index is 645. The van der Waals surface area contributed by atoms with Gasteiger partial charge in [0.05, 0.1) is 19.3 Å². The van der Waals surface area contributed by atoms with E-state index >= 15 is 0 Å². The third-order valence-electron chi connectivity index (χ3n) is 6.16. The molecule has 1 unspecified atom stereocenters. The van der Waals surface area contributed by atoms with Gasteiger partial charge in [-0.3, -0.25) is 14.8 Å². The number of hydrogen-bond donors (Lipinski definition) is 2. The summed E-state index contributed by atoms with van der Waals surface area (Å²) in [6, 6.07) is 4.30. The van der Waals surface area contributed by atoms with E-state index in [-0.39, 0.29) is 11.6 Å². The topological polar surface area (TPSA) is 65.3 Å². The van der Waals surface area contributed by atoms with E-state index in [9.17, 15) is 0 Å². The average Bonchev–Trinajstić information content (AvgIpc) is 3.18. The van der Waals surface area contributed by atoms with E-state index in [1.165, 1.54) is 32.4 Å². The third kappa shape index (κ3) is 6.20. The van der Waals surface area contributed by atoms with E-state index in [1.54, 1.807) is 0 Å². The molecule has 0 amide bonds. The van der Waals surface area contributed by atoms with Crippen molar-refractivity contribution in [1.29, 1.82) is 0 Å². The zero-order valence-electron chi connectivity index (χ0n) is 18.7. The Morgan fingerprint density at radius 1 is 1.10 bits per heavy atom. The Hall–Kier alpha value is -1.57. The first-order valence-corrected chi connectivity index (χ1v) is 11.1. The van der Waals surface area contributed by atoms with E-state index < -0.39 is 0 Å². The summed E-state index contributed by atoms with van der Waals surface area (Å²) in [5, 5.41) is 7.07. The zero-order chi connectivity index (χ0) is 20.7. The molecule has 3 rings (SSSR count). The first-order valence-electron chi connectivity index (χ1n) is 11.1. The van der Waals surface area contributed by atoms with Crippen LogP contribution in [0.2, 0.25) is 0 Å². The van der Waals surface area contributed by atoms with E-state index in [1.807, 2.05) is 20.0 Å². The number of guanidine groups is 1. The first kappa shape index (κ1) is 22.1. The minimum absolute atomic E-state index is 0.111. The van der Waals surface area contributed by atoms with Crippen molar-refractivity contribution in [2.75, 3.05) is 59.5 Å². The molecule has 7 heteroatoms. The molecule has 3 heterocycles. The lowest BCUT2D eigenvalue weighted by molar-refractivity contribution is 0.0124. The summed E-state index contributed by atoms with van der Waals surface area (Å²) in [5.74, 6) is 2.79. The van der Waals surface area contributed by atoms with Crippen LogP contribution in [0.3, 0.4) is 0 Å². The highest BCUT2D eigenvalue weighted by molar-refractivity contribution is 5.79. The van der Waals surface area contributed by atoms with Crippen molar-refractivity contribution < 1.29 is 9.15 Å². The van der Waals surface area contributed by atoms with Crippen LogP contribution in [0.25, 0.3) is 0 Å². The summed E-state index contributed by atoms with van der Waals surface area (Å²) >= 11 is 0. The summed E-state index contributed by atoms with van der Waals surface area (Å²) in [7, 11) is 1.84. The molecule has 0 aromatic carbocycles. The molecule has 1 atom stereocenters. The van der Waals surface area contributed by atoms with Gasteiger partial charge in [-0.15, -0.1) is 0 Å². The fourth-order valence-electron chi connectivity index (χ4n) is 4.26. The molecule has 164 valence electrons. The quantitative estimate of drug-likeness (QED) is 0.536. The van der Waals surface area contributed by atoms with Crippen LogP contribution in [0.4, 0.5) is 0 Å². The predicted octanol–water partition coefficient (Wildman–Crippen LogP) is 2.39. The molecule has 0 saturated carbocycles. The number of nitrogens with zero attached hydrogens (tertiary/aromatic N) is 3. The molecule has 2 aliphatic heterocycles. The minimum atomic E-state index is 0.111. The molecule has 2 aliphatic rings. The fourth-order valence-corrected chi connectivity index (χ4v) is 4.26. The number of nitrogens with one attached hydrogen (secondary N) is 2. The van der Waals surface area contributed by atoms with Crippen LogP contribution in [0.15, 0.2) is 21.5 Å². The number of aliphatic imine (C=N–C) groups is 1. The van der Waals surface area contributed by atoms with Gasteiger partial charge in [-0.2, -0.15) is 0 Å². The highest BCUT2D eigenvalue weighted by Crippen LogP contribution is 2.23. The molecule has 1 aromatic rings. The second-order valence-electron chi connectivity index (χ2n) is 8.78. The van der Waals surface area contributed by atoms with Gasteiger partial charge in [0.1, 0.15) is 11.5 Å². The average molecular weight is 406 g/mol. The number of rotatable bonds is 7. The Morgan fingerprint density at radius 2 is 1.83 bits per heavy atom. The lowest BCUT2D eigenvalue weighted by Crippen LogP contribution is -2.55. The number of ether oxygens (including phenoxy) is 1. The summed E-state index contributed by atoms with van der Waals surface area (Å²) < 4.78 is 11.5.